The van der Waals surface area contributed by atoms with Gasteiger partial charge in [-0.15, -0.1) is 0 Å². The summed E-state index contributed by atoms with van der Waals surface area (Å²) in [4.78, 5) is 11.8. The molecule has 0 spiro atoms. The molecule has 2 rings (SSSR count). The fourth-order valence-corrected chi connectivity index (χ4v) is 2.05. The summed E-state index contributed by atoms with van der Waals surface area (Å²) in [6.07, 6.45) is 1.98. The molecule has 2 N–H and O–H groups in total. The van der Waals surface area contributed by atoms with Gasteiger partial charge in [0.15, 0.2) is 0 Å². The van der Waals surface area contributed by atoms with Gasteiger partial charge in [-0.1, -0.05) is 18.2 Å². The fourth-order valence-electron chi connectivity index (χ4n) is 2.05. The first-order valence-corrected chi connectivity index (χ1v) is 6.48. The number of carbonyl (C=O) groups excluding carboxylic acids is 1. The average Bonchev–Trinajstić information content (AvgIpc) is 2.91. The van der Waals surface area contributed by atoms with E-state index in [9.17, 15) is 4.79 Å². The number of carbonyl (C=O) groups is 1. The minimum Gasteiger partial charge on any atom is -0.489 e. The van der Waals surface area contributed by atoms with E-state index in [4.69, 9.17) is 4.74 Å². The summed E-state index contributed by atoms with van der Waals surface area (Å²) in [5, 5.41) is 6.10. The maximum atomic E-state index is 11.8. The van der Waals surface area contributed by atoms with Gasteiger partial charge >= 0.3 is 0 Å². The third kappa shape index (κ3) is 3.74. The second-order valence-electron chi connectivity index (χ2n) is 4.64. The van der Waals surface area contributed by atoms with Crippen molar-refractivity contribution in [2.45, 2.75) is 31.9 Å². The van der Waals surface area contributed by atoms with Crippen molar-refractivity contribution < 1.29 is 9.53 Å². The Kier molecular flexibility index (Phi) is 4.59. The lowest BCUT2D eigenvalue weighted by Gasteiger charge is -2.17. The summed E-state index contributed by atoms with van der Waals surface area (Å²) in [7, 11) is 0. The number of para-hydroxylation sites is 1. The van der Waals surface area contributed by atoms with Gasteiger partial charge in [0, 0.05) is 0 Å². The van der Waals surface area contributed by atoms with Gasteiger partial charge in [0.1, 0.15) is 11.9 Å². The molecule has 1 aromatic carbocycles. The molecule has 4 nitrogen and oxygen atoms in total. The maximum absolute atomic E-state index is 11.8. The molecule has 2 unspecified atom stereocenters. The molecular weight excluding hydrogens is 228 g/mol. The first-order chi connectivity index (χ1) is 8.75. The number of hydrogen-bond donors (Lipinski definition) is 2. The molecule has 98 valence electrons. The molecule has 0 saturated carbocycles. The molecule has 0 radical (unpaired) electrons. The minimum atomic E-state index is -0.0299. The summed E-state index contributed by atoms with van der Waals surface area (Å²) in [6.45, 7) is 3.43. The van der Waals surface area contributed by atoms with Crippen LogP contribution in [-0.4, -0.2) is 31.1 Å². The monoisotopic (exact) mass is 248 g/mol. The summed E-state index contributed by atoms with van der Waals surface area (Å²) in [6, 6.07) is 9.62. The van der Waals surface area contributed by atoms with Gasteiger partial charge in [-0.25, -0.2) is 0 Å². The van der Waals surface area contributed by atoms with E-state index >= 15 is 0 Å². The van der Waals surface area contributed by atoms with Crippen LogP contribution in [-0.2, 0) is 4.79 Å². The normalized spacial score (nSPS) is 20.4. The predicted molar refractivity (Wildman–Crippen MR) is 70.6 cm³/mol. The first kappa shape index (κ1) is 12.9. The highest BCUT2D eigenvalue weighted by molar-refractivity contribution is 5.82. The Labute approximate surface area is 108 Å². The smallest absolute Gasteiger partial charge is 0.237 e. The van der Waals surface area contributed by atoms with Crippen molar-refractivity contribution in [3.63, 3.8) is 0 Å². The maximum Gasteiger partial charge on any atom is 0.237 e. The minimum absolute atomic E-state index is 0.0195. The molecule has 1 aliphatic heterocycles. The van der Waals surface area contributed by atoms with Crippen molar-refractivity contribution in [1.82, 2.24) is 10.6 Å². The molecule has 0 aromatic heterocycles. The van der Waals surface area contributed by atoms with Crippen LogP contribution in [0.3, 0.4) is 0 Å². The molecule has 1 aliphatic rings. The number of benzene rings is 1. The molecule has 1 heterocycles. The molecular formula is C14H20N2O2. The van der Waals surface area contributed by atoms with Crippen LogP contribution in [0.5, 0.6) is 5.75 Å². The summed E-state index contributed by atoms with van der Waals surface area (Å²) >= 11 is 0. The van der Waals surface area contributed by atoms with Gasteiger partial charge < -0.3 is 15.4 Å². The van der Waals surface area contributed by atoms with E-state index in [2.05, 4.69) is 10.6 Å². The highest BCUT2D eigenvalue weighted by Crippen LogP contribution is 2.10. The van der Waals surface area contributed by atoms with Crippen LogP contribution >= 0.6 is 0 Å². The quantitative estimate of drug-likeness (QED) is 0.826. The Hall–Kier alpha value is -1.55. The van der Waals surface area contributed by atoms with Crippen LogP contribution in [0.25, 0.3) is 0 Å². The lowest BCUT2D eigenvalue weighted by molar-refractivity contribution is -0.123. The number of rotatable bonds is 5. The lowest BCUT2D eigenvalue weighted by Crippen LogP contribution is -2.43. The van der Waals surface area contributed by atoms with E-state index in [0.29, 0.717) is 6.54 Å². The van der Waals surface area contributed by atoms with Gasteiger partial charge in [0.2, 0.25) is 5.91 Å². The molecule has 1 aromatic rings. The standard InChI is InChI=1S/C14H20N2O2/c1-11(18-12-6-3-2-4-7-12)10-16-14(17)13-8-5-9-15-13/h2-4,6-7,11,13,15H,5,8-10H2,1H3,(H,16,17). The Morgan fingerprint density at radius 3 is 2.94 bits per heavy atom. The molecule has 1 amide bonds. The third-order valence-electron chi connectivity index (χ3n) is 3.02. The van der Waals surface area contributed by atoms with Gasteiger partial charge in [-0.2, -0.15) is 0 Å². The summed E-state index contributed by atoms with van der Waals surface area (Å²) in [5.74, 6) is 0.911. The zero-order valence-electron chi connectivity index (χ0n) is 10.7. The van der Waals surface area contributed by atoms with Gasteiger partial charge in [0.25, 0.3) is 0 Å². The van der Waals surface area contributed by atoms with E-state index in [0.717, 1.165) is 25.1 Å². The van der Waals surface area contributed by atoms with Crippen LogP contribution in [0.1, 0.15) is 19.8 Å². The van der Waals surface area contributed by atoms with E-state index in [1.807, 2.05) is 37.3 Å². The zero-order chi connectivity index (χ0) is 12.8. The van der Waals surface area contributed by atoms with Crippen molar-refractivity contribution in [2.75, 3.05) is 13.1 Å². The Balaban J connectivity index is 1.71. The van der Waals surface area contributed by atoms with Crippen molar-refractivity contribution in [3.8, 4) is 5.75 Å². The second kappa shape index (κ2) is 6.40. The zero-order valence-corrected chi connectivity index (χ0v) is 10.7. The Morgan fingerprint density at radius 1 is 1.50 bits per heavy atom. The molecule has 0 aliphatic carbocycles. The number of amides is 1. The molecule has 0 bridgehead atoms. The van der Waals surface area contributed by atoms with Crippen LogP contribution in [0.15, 0.2) is 30.3 Å². The van der Waals surface area contributed by atoms with Crippen LogP contribution in [0.4, 0.5) is 0 Å². The Bertz CT molecular complexity index is 375. The highest BCUT2D eigenvalue weighted by atomic mass is 16.5. The highest BCUT2D eigenvalue weighted by Gasteiger charge is 2.21. The van der Waals surface area contributed by atoms with Crippen molar-refractivity contribution in [2.24, 2.45) is 0 Å². The largest absolute Gasteiger partial charge is 0.489 e. The number of hydrogen-bond acceptors (Lipinski definition) is 3. The van der Waals surface area contributed by atoms with Crippen molar-refractivity contribution in [1.29, 1.82) is 0 Å². The predicted octanol–water partition coefficient (Wildman–Crippen LogP) is 1.32. The topological polar surface area (TPSA) is 50.4 Å². The molecule has 1 fully saturated rings. The summed E-state index contributed by atoms with van der Waals surface area (Å²) < 4.78 is 5.69. The van der Waals surface area contributed by atoms with E-state index in [1.165, 1.54) is 0 Å². The molecule has 2 atom stereocenters. The van der Waals surface area contributed by atoms with Gasteiger partial charge in [0.05, 0.1) is 12.6 Å². The van der Waals surface area contributed by atoms with Gasteiger partial charge in [-0.3, -0.25) is 4.79 Å². The Morgan fingerprint density at radius 2 is 2.28 bits per heavy atom. The van der Waals surface area contributed by atoms with E-state index < -0.39 is 0 Å². The second-order valence-corrected chi connectivity index (χ2v) is 4.64. The fraction of sp³-hybridized carbons (Fsp3) is 0.500. The lowest BCUT2D eigenvalue weighted by atomic mass is 10.2. The third-order valence-corrected chi connectivity index (χ3v) is 3.02. The van der Waals surface area contributed by atoms with Crippen LogP contribution in [0.2, 0.25) is 0 Å². The molecule has 1 saturated heterocycles. The van der Waals surface area contributed by atoms with E-state index in [-0.39, 0.29) is 18.1 Å². The van der Waals surface area contributed by atoms with Gasteiger partial charge in [-0.05, 0) is 38.4 Å². The molecule has 18 heavy (non-hydrogen) atoms. The molecule has 4 heteroatoms. The first-order valence-electron chi connectivity index (χ1n) is 6.48. The van der Waals surface area contributed by atoms with Crippen molar-refractivity contribution >= 4 is 5.91 Å². The number of ether oxygens (including phenoxy) is 1. The van der Waals surface area contributed by atoms with Crippen molar-refractivity contribution in [3.05, 3.63) is 30.3 Å². The van der Waals surface area contributed by atoms with E-state index in [1.54, 1.807) is 0 Å². The summed E-state index contributed by atoms with van der Waals surface area (Å²) in [5.41, 5.74) is 0. The average molecular weight is 248 g/mol. The van der Waals surface area contributed by atoms with Crippen LogP contribution < -0.4 is 15.4 Å². The number of nitrogens with one attached hydrogen (secondary N) is 2. The SMILES string of the molecule is CC(CNC(=O)C1CCCN1)Oc1ccccc1. The van der Waals surface area contributed by atoms with Crippen LogP contribution in [0, 0.1) is 0 Å².